The fourth-order valence-electron chi connectivity index (χ4n) is 0.801. The molecule has 0 aliphatic heterocycles. The maximum absolute atomic E-state index is 11.8. The first-order chi connectivity index (χ1) is 6.18. The topological polar surface area (TPSA) is 26.3 Å². The van der Waals surface area contributed by atoms with Crippen molar-refractivity contribution in [1.82, 2.24) is 0 Å². The lowest BCUT2D eigenvalue weighted by Gasteiger charge is -2.13. The van der Waals surface area contributed by atoms with Gasteiger partial charge in [0, 0.05) is 6.16 Å². The lowest BCUT2D eigenvalue weighted by molar-refractivity contribution is 0.323. The van der Waals surface area contributed by atoms with Crippen LogP contribution in [0.25, 0.3) is 0 Å². The van der Waals surface area contributed by atoms with E-state index in [0.29, 0.717) is 19.2 Å². The van der Waals surface area contributed by atoms with E-state index in [2.05, 4.69) is 19.1 Å². The minimum atomic E-state index is -2.65. The van der Waals surface area contributed by atoms with Crippen LogP contribution in [-0.4, -0.2) is 18.9 Å². The normalized spacial score (nSPS) is 14.1. The molecule has 13 heavy (non-hydrogen) atoms. The van der Waals surface area contributed by atoms with Crippen molar-refractivity contribution >= 4 is 7.37 Å². The molecule has 3 heteroatoms. The molecule has 0 aromatic rings. The van der Waals surface area contributed by atoms with Crippen LogP contribution < -0.4 is 0 Å². The van der Waals surface area contributed by atoms with E-state index in [1.807, 2.05) is 0 Å². The molecule has 0 amide bonds. The Hall–Kier alpha value is -0.770. The minimum Gasteiger partial charge on any atom is -0.327 e. The third kappa shape index (κ3) is 5.47. The van der Waals surface area contributed by atoms with Gasteiger partial charge in [-0.2, -0.15) is 0 Å². The Labute approximate surface area is 80.1 Å². The van der Waals surface area contributed by atoms with E-state index in [1.54, 1.807) is 12.2 Å². The van der Waals surface area contributed by atoms with Crippen molar-refractivity contribution < 1.29 is 9.09 Å². The zero-order valence-electron chi connectivity index (χ0n) is 7.74. The zero-order chi connectivity index (χ0) is 10.2. The van der Waals surface area contributed by atoms with Crippen LogP contribution in [0.15, 0.2) is 25.3 Å². The zero-order valence-corrected chi connectivity index (χ0v) is 8.63. The Morgan fingerprint density at radius 1 is 1.46 bits per heavy atom. The van der Waals surface area contributed by atoms with Crippen LogP contribution in [0.3, 0.4) is 0 Å². The molecule has 0 bridgehead atoms. The number of allylic oxidation sites excluding steroid dienone is 1. The minimum absolute atomic E-state index is 0.177. The first kappa shape index (κ1) is 12.2. The molecule has 0 aliphatic carbocycles. The number of hydrogen-bond acceptors (Lipinski definition) is 2. The largest absolute Gasteiger partial charge is 0.327 e. The summed E-state index contributed by atoms with van der Waals surface area (Å²) in [5.74, 6) is 2.36. The molecule has 0 radical (unpaired) electrons. The van der Waals surface area contributed by atoms with Gasteiger partial charge in [-0.3, -0.25) is 4.57 Å². The summed E-state index contributed by atoms with van der Waals surface area (Å²) < 4.78 is 17.0. The van der Waals surface area contributed by atoms with Gasteiger partial charge in [-0.25, -0.2) is 0 Å². The van der Waals surface area contributed by atoms with Gasteiger partial charge in [0.25, 0.3) is 0 Å². The fourth-order valence-corrected chi connectivity index (χ4v) is 2.24. The van der Waals surface area contributed by atoms with E-state index >= 15 is 0 Å². The van der Waals surface area contributed by atoms with Crippen LogP contribution in [0.2, 0.25) is 0 Å². The molecule has 0 aliphatic rings. The summed E-state index contributed by atoms with van der Waals surface area (Å²) in [6.45, 7) is 7.47. The lowest BCUT2D eigenvalue weighted by Crippen LogP contribution is -1.98. The van der Waals surface area contributed by atoms with E-state index in [9.17, 15) is 4.57 Å². The molecule has 0 rings (SSSR count). The van der Waals surface area contributed by atoms with Gasteiger partial charge in [-0.15, -0.1) is 19.6 Å². The monoisotopic (exact) mass is 198 g/mol. The van der Waals surface area contributed by atoms with Gasteiger partial charge >= 0.3 is 0 Å². The standard InChI is InChI=1S/C10H15O2P/c1-4-7-8-12-13(11,9-5-2)10-6-3/h2,4,6H,1,3,7-10H2. The Morgan fingerprint density at radius 2 is 2.15 bits per heavy atom. The first-order valence-electron chi connectivity index (χ1n) is 4.06. The number of hydrogen-bond donors (Lipinski definition) is 0. The molecule has 72 valence electrons. The van der Waals surface area contributed by atoms with Crippen molar-refractivity contribution in [3.05, 3.63) is 25.3 Å². The molecule has 0 saturated carbocycles. The third-order valence-electron chi connectivity index (χ3n) is 1.39. The second-order valence-corrected chi connectivity index (χ2v) is 5.13. The fraction of sp³-hybridized carbons (Fsp3) is 0.400. The van der Waals surface area contributed by atoms with Crippen molar-refractivity contribution in [2.45, 2.75) is 6.42 Å². The summed E-state index contributed by atoms with van der Waals surface area (Å²) in [5.41, 5.74) is 0. The van der Waals surface area contributed by atoms with Crippen LogP contribution in [-0.2, 0) is 9.09 Å². The molecule has 0 aromatic carbocycles. The van der Waals surface area contributed by atoms with E-state index in [1.165, 1.54) is 0 Å². The van der Waals surface area contributed by atoms with Crippen LogP contribution >= 0.6 is 7.37 Å². The predicted octanol–water partition coefficient (Wildman–Crippen LogP) is 2.68. The van der Waals surface area contributed by atoms with Gasteiger partial charge < -0.3 is 4.52 Å². The smallest absolute Gasteiger partial charge is 0.218 e. The highest BCUT2D eigenvalue weighted by atomic mass is 31.2. The average molecular weight is 198 g/mol. The molecule has 1 unspecified atom stereocenters. The maximum Gasteiger partial charge on any atom is 0.218 e. The third-order valence-corrected chi connectivity index (χ3v) is 3.52. The summed E-state index contributed by atoms with van der Waals surface area (Å²) in [7, 11) is -2.65. The van der Waals surface area contributed by atoms with Gasteiger partial charge in [-0.1, -0.05) is 18.1 Å². The molecule has 0 aromatic heterocycles. The summed E-state index contributed by atoms with van der Waals surface area (Å²) in [6, 6.07) is 0. The molecule has 0 fully saturated rings. The highest BCUT2D eigenvalue weighted by molar-refractivity contribution is 7.59. The summed E-state index contributed by atoms with van der Waals surface area (Å²) in [5, 5.41) is 0. The molecule has 1 atom stereocenters. The van der Waals surface area contributed by atoms with Crippen LogP contribution in [0.1, 0.15) is 6.42 Å². The van der Waals surface area contributed by atoms with Crippen LogP contribution in [0.5, 0.6) is 0 Å². The molecule has 0 saturated heterocycles. The molecule has 0 spiro atoms. The Balaban J connectivity index is 4.08. The quantitative estimate of drug-likeness (QED) is 0.272. The van der Waals surface area contributed by atoms with Gasteiger partial charge in [0.1, 0.15) is 0 Å². The second-order valence-electron chi connectivity index (χ2n) is 2.56. The van der Waals surface area contributed by atoms with Crippen molar-refractivity contribution in [1.29, 1.82) is 0 Å². The molecule has 0 N–H and O–H groups in total. The maximum atomic E-state index is 11.8. The molecular formula is C10H15O2P. The highest BCUT2D eigenvalue weighted by Gasteiger charge is 2.19. The molecular weight excluding hydrogens is 183 g/mol. The average Bonchev–Trinajstić information content (AvgIpc) is 2.05. The summed E-state index contributed by atoms with van der Waals surface area (Å²) in [4.78, 5) is 0. The van der Waals surface area contributed by atoms with Crippen molar-refractivity contribution in [2.24, 2.45) is 0 Å². The van der Waals surface area contributed by atoms with Crippen LogP contribution in [0, 0.1) is 12.3 Å². The van der Waals surface area contributed by atoms with Crippen molar-refractivity contribution in [3.8, 4) is 12.3 Å². The van der Waals surface area contributed by atoms with E-state index in [4.69, 9.17) is 10.9 Å². The first-order valence-corrected chi connectivity index (χ1v) is 6.06. The van der Waals surface area contributed by atoms with E-state index in [-0.39, 0.29) is 6.16 Å². The Bertz CT molecular complexity index is 250. The van der Waals surface area contributed by atoms with Crippen LogP contribution in [0.4, 0.5) is 0 Å². The van der Waals surface area contributed by atoms with E-state index in [0.717, 1.165) is 0 Å². The van der Waals surface area contributed by atoms with Crippen molar-refractivity contribution in [2.75, 3.05) is 18.9 Å². The molecule has 2 nitrogen and oxygen atoms in total. The summed E-state index contributed by atoms with van der Waals surface area (Å²) >= 11 is 0. The predicted molar refractivity (Wildman–Crippen MR) is 57.1 cm³/mol. The Kier molecular flexibility index (Phi) is 6.32. The van der Waals surface area contributed by atoms with E-state index < -0.39 is 7.37 Å². The van der Waals surface area contributed by atoms with Gasteiger partial charge in [0.2, 0.25) is 7.37 Å². The lowest BCUT2D eigenvalue weighted by atomic mass is 10.5. The SMILES string of the molecule is C#CCP(=O)(CC=C)OCCC=C. The molecule has 0 heterocycles. The number of terminal acetylenes is 1. The van der Waals surface area contributed by atoms with Crippen molar-refractivity contribution in [3.63, 3.8) is 0 Å². The number of rotatable bonds is 7. The van der Waals surface area contributed by atoms with Gasteiger partial charge in [0.15, 0.2) is 0 Å². The van der Waals surface area contributed by atoms with Gasteiger partial charge in [0.05, 0.1) is 12.8 Å². The highest BCUT2D eigenvalue weighted by Crippen LogP contribution is 2.46. The Morgan fingerprint density at radius 3 is 2.62 bits per heavy atom. The van der Waals surface area contributed by atoms with Gasteiger partial charge in [-0.05, 0) is 6.42 Å². The summed E-state index contributed by atoms with van der Waals surface area (Å²) in [6.07, 6.45) is 9.59. The second kappa shape index (κ2) is 6.71.